The van der Waals surface area contributed by atoms with Crippen LogP contribution in [0.2, 0.25) is 0 Å². The van der Waals surface area contributed by atoms with Crippen molar-refractivity contribution in [2.45, 2.75) is 46.7 Å². The number of hydrogen-bond acceptors (Lipinski definition) is 3. The van der Waals surface area contributed by atoms with Gasteiger partial charge in [0.15, 0.2) is 0 Å². The molecule has 0 saturated heterocycles. The lowest BCUT2D eigenvalue weighted by atomic mass is 10.1. The van der Waals surface area contributed by atoms with Gasteiger partial charge in [0, 0.05) is 34.7 Å². The minimum atomic E-state index is 0.138. The summed E-state index contributed by atoms with van der Waals surface area (Å²) in [5.74, 6) is 0.463. The van der Waals surface area contributed by atoms with E-state index in [0.29, 0.717) is 18.2 Å². The van der Waals surface area contributed by atoms with Gasteiger partial charge in [-0.1, -0.05) is 27.7 Å². The molecule has 1 aromatic heterocycles. The highest BCUT2D eigenvalue weighted by Crippen LogP contribution is 2.18. The van der Waals surface area contributed by atoms with Crippen LogP contribution in [0.3, 0.4) is 0 Å². The van der Waals surface area contributed by atoms with Crippen molar-refractivity contribution in [3.8, 4) is 0 Å². The van der Waals surface area contributed by atoms with E-state index >= 15 is 0 Å². The Morgan fingerprint density at radius 2 is 1.88 bits per heavy atom. The standard InChI is InChI=1S/C13H21NOS/c1-9(2)13(15)7-11-5-6-12(16-11)8-14-10(3)4/h5-6,9-10,14H,7-8H2,1-4H3. The van der Waals surface area contributed by atoms with Crippen molar-refractivity contribution in [1.82, 2.24) is 5.32 Å². The van der Waals surface area contributed by atoms with Crippen molar-refractivity contribution < 1.29 is 4.79 Å². The maximum absolute atomic E-state index is 11.6. The zero-order valence-corrected chi connectivity index (χ0v) is 11.4. The van der Waals surface area contributed by atoms with E-state index in [1.54, 1.807) is 11.3 Å². The van der Waals surface area contributed by atoms with Crippen LogP contribution in [0.25, 0.3) is 0 Å². The van der Waals surface area contributed by atoms with Gasteiger partial charge in [-0.25, -0.2) is 0 Å². The molecule has 0 saturated carbocycles. The molecular weight excluding hydrogens is 218 g/mol. The number of hydrogen-bond donors (Lipinski definition) is 1. The summed E-state index contributed by atoms with van der Waals surface area (Å²) in [6.45, 7) is 9.08. The summed E-state index contributed by atoms with van der Waals surface area (Å²) < 4.78 is 0. The Labute approximate surface area is 102 Å². The van der Waals surface area contributed by atoms with Crippen LogP contribution in [0.5, 0.6) is 0 Å². The molecule has 1 heterocycles. The fraction of sp³-hybridized carbons (Fsp3) is 0.615. The SMILES string of the molecule is CC(C)NCc1ccc(CC(=O)C(C)C)s1. The molecule has 0 bridgehead atoms. The highest BCUT2D eigenvalue weighted by Gasteiger charge is 2.10. The van der Waals surface area contributed by atoms with Crippen LogP contribution in [-0.4, -0.2) is 11.8 Å². The zero-order chi connectivity index (χ0) is 12.1. The zero-order valence-electron chi connectivity index (χ0n) is 10.5. The third-order valence-corrected chi connectivity index (χ3v) is 3.48. The Morgan fingerprint density at radius 3 is 2.44 bits per heavy atom. The molecule has 0 aromatic carbocycles. The van der Waals surface area contributed by atoms with Gasteiger partial charge in [-0.05, 0) is 12.1 Å². The number of rotatable bonds is 6. The first-order chi connectivity index (χ1) is 7.49. The molecular formula is C13H21NOS. The molecule has 0 unspecified atom stereocenters. The van der Waals surface area contributed by atoms with Crippen molar-refractivity contribution in [2.24, 2.45) is 5.92 Å². The molecule has 0 amide bonds. The van der Waals surface area contributed by atoms with Gasteiger partial charge >= 0.3 is 0 Å². The van der Waals surface area contributed by atoms with Gasteiger partial charge in [0.05, 0.1) is 0 Å². The van der Waals surface area contributed by atoms with Crippen LogP contribution in [0.1, 0.15) is 37.4 Å². The molecule has 16 heavy (non-hydrogen) atoms. The van der Waals surface area contributed by atoms with Gasteiger partial charge in [-0.3, -0.25) is 4.79 Å². The molecule has 0 spiro atoms. The Balaban J connectivity index is 2.48. The molecule has 2 nitrogen and oxygen atoms in total. The highest BCUT2D eigenvalue weighted by atomic mass is 32.1. The normalized spacial score (nSPS) is 11.4. The molecule has 0 aliphatic rings. The summed E-state index contributed by atoms with van der Waals surface area (Å²) in [6, 6.07) is 4.69. The first-order valence-electron chi connectivity index (χ1n) is 5.82. The lowest BCUT2D eigenvalue weighted by Gasteiger charge is -2.05. The van der Waals surface area contributed by atoms with Gasteiger partial charge in [0.2, 0.25) is 0 Å². The first-order valence-corrected chi connectivity index (χ1v) is 6.64. The van der Waals surface area contributed by atoms with Gasteiger partial charge in [-0.2, -0.15) is 0 Å². The average Bonchev–Trinajstić information content (AvgIpc) is 2.62. The van der Waals surface area contributed by atoms with Crippen LogP contribution >= 0.6 is 11.3 Å². The Morgan fingerprint density at radius 1 is 1.25 bits per heavy atom. The Hall–Kier alpha value is -0.670. The third-order valence-electron chi connectivity index (χ3n) is 2.39. The fourth-order valence-corrected chi connectivity index (χ4v) is 2.27. The van der Waals surface area contributed by atoms with Crippen LogP contribution in [-0.2, 0) is 17.8 Å². The van der Waals surface area contributed by atoms with E-state index in [2.05, 4.69) is 31.3 Å². The maximum atomic E-state index is 11.6. The summed E-state index contributed by atoms with van der Waals surface area (Å²) in [6.07, 6.45) is 0.587. The van der Waals surface area contributed by atoms with Crippen molar-refractivity contribution in [3.05, 3.63) is 21.9 Å². The molecule has 0 atom stereocenters. The van der Waals surface area contributed by atoms with E-state index in [1.807, 2.05) is 13.8 Å². The molecule has 0 fully saturated rings. The minimum Gasteiger partial charge on any atom is -0.310 e. The van der Waals surface area contributed by atoms with Gasteiger partial charge in [-0.15, -0.1) is 11.3 Å². The molecule has 0 aliphatic heterocycles. The minimum absolute atomic E-state index is 0.138. The fourth-order valence-electron chi connectivity index (χ4n) is 1.29. The van der Waals surface area contributed by atoms with Crippen LogP contribution < -0.4 is 5.32 Å². The highest BCUT2D eigenvalue weighted by molar-refractivity contribution is 7.12. The maximum Gasteiger partial charge on any atom is 0.140 e. The summed E-state index contributed by atoms with van der Waals surface area (Å²) in [5.41, 5.74) is 0. The van der Waals surface area contributed by atoms with E-state index in [0.717, 1.165) is 6.54 Å². The third kappa shape index (κ3) is 4.45. The van der Waals surface area contributed by atoms with Crippen LogP contribution in [0, 0.1) is 5.92 Å². The number of Topliss-reactive ketones (excluding diaryl/α,β-unsaturated/α-hetero) is 1. The van der Waals surface area contributed by atoms with Gasteiger partial charge < -0.3 is 5.32 Å². The lowest BCUT2D eigenvalue weighted by molar-refractivity contribution is -0.121. The van der Waals surface area contributed by atoms with E-state index in [4.69, 9.17) is 0 Å². The molecule has 0 aliphatic carbocycles. The number of carbonyl (C=O) groups is 1. The topological polar surface area (TPSA) is 29.1 Å². The quantitative estimate of drug-likeness (QED) is 0.827. The molecule has 1 N–H and O–H groups in total. The van der Waals surface area contributed by atoms with E-state index in [-0.39, 0.29) is 5.92 Å². The van der Waals surface area contributed by atoms with Gasteiger partial charge in [0.1, 0.15) is 5.78 Å². The predicted molar refractivity (Wildman–Crippen MR) is 69.8 cm³/mol. The Bertz CT molecular complexity index is 341. The van der Waals surface area contributed by atoms with Crippen molar-refractivity contribution in [1.29, 1.82) is 0 Å². The second-order valence-corrected chi connectivity index (χ2v) is 5.95. The number of ketones is 1. The number of nitrogens with one attached hydrogen (secondary N) is 1. The summed E-state index contributed by atoms with van der Waals surface area (Å²) in [4.78, 5) is 14.1. The smallest absolute Gasteiger partial charge is 0.140 e. The Kier molecular flexibility index (Phi) is 5.16. The molecule has 90 valence electrons. The largest absolute Gasteiger partial charge is 0.310 e. The molecule has 3 heteroatoms. The van der Waals surface area contributed by atoms with Gasteiger partial charge in [0.25, 0.3) is 0 Å². The second kappa shape index (κ2) is 6.16. The van der Waals surface area contributed by atoms with Crippen LogP contribution in [0.4, 0.5) is 0 Å². The summed E-state index contributed by atoms with van der Waals surface area (Å²) in [7, 11) is 0. The van der Waals surface area contributed by atoms with Crippen molar-refractivity contribution in [3.63, 3.8) is 0 Å². The van der Waals surface area contributed by atoms with Crippen molar-refractivity contribution in [2.75, 3.05) is 0 Å². The number of thiophene rings is 1. The van der Waals surface area contributed by atoms with Crippen molar-refractivity contribution >= 4 is 17.1 Å². The van der Waals surface area contributed by atoms with E-state index < -0.39 is 0 Å². The number of carbonyl (C=O) groups excluding carboxylic acids is 1. The second-order valence-electron chi connectivity index (χ2n) is 4.70. The monoisotopic (exact) mass is 239 g/mol. The summed E-state index contributed by atoms with van der Waals surface area (Å²) >= 11 is 1.74. The molecule has 1 rings (SSSR count). The average molecular weight is 239 g/mol. The van der Waals surface area contributed by atoms with E-state index in [1.165, 1.54) is 9.75 Å². The van der Waals surface area contributed by atoms with Crippen LogP contribution in [0.15, 0.2) is 12.1 Å². The summed E-state index contributed by atoms with van der Waals surface area (Å²) in [5, 5.41) is 3.38. The molecule has 1 aromatic rings. The predicted octanol–water partition coefficient (Wildman–Crippen LogP) is 3.01. The molecule has 0 radical (unpaired) electrons. The van der Waals surface area contributed by atoms with E-state index in [9.17, 15) is 4.79 Å². The lowest BCUT2D eigenvalue weighted by Crippen LogP contribution is -2.21. The first kappa shape index (κ1) is 13.4.